The lowest BCUT2D eigenvalue weighted by Crippen LogP contribution is -2.27. The Morgan fingerprint density at radius 1 is 1.17 bits per heavy atom. The van der Waals surface area contributed by atoms with Gasteiger partial charge in [-0.1, -0.05) is 12.1 Å². The van der Waals surface area contributed by atoms with Crippen LogP contribution in [0, 0.1) is 0 Å². The van der Waals surface area contributed by atoms with Crippen molar-refractivity contribution in [3.8, 4) is 0 Å². The molecular weight excluding hydrogens is 306 g/mol. The summed E-state index contributed by atoms with van der Waals surface area (Å²) in [5.41, 5.74) is 2.22. The zero-order valence-electron chi connectivity index (χ0n) is 13.5. The summed E-state index contributed by atoms with van der Waals surface area (Å²) in [7, 11) is 1.34. The van der Waals surface area contributed by atoms with E-state index in [4.69, 9.17) is 4.74 Å². The van der Waals surface area contributed by atoms with E-state index in [1.165, 1.54) is 7.11 Å². The maximum Gasteiger partial charge on any atom is 0.339 e. The maximum absolute atomic E-state index is 12.5. The van der Waals surface area contributed by atoms with E-state index in [-0.39, 0.29) is 5.91 Å². The Labute approximate surface area is 140 Å². The fourth-order valence-corrected chi connectivity index (χ4v) is 2.76. The molecule has 3 rings (SSSR count). The highest BCUT2D eigenvalue weighted by Gasteiger charge is 2.20. The number of hydrogen-bond donors (Lipinski definition) is 1. The number of hydrogen-bond acceptors (Lipinski definition) is 5. The van der Waals surface area contributed by atoms with E-state index in [2.05, 4.69) is 10.3 Å². The second kappa shape index (κ2) is 7.12. The van der Waals surface area contributed by atoms with E-state index in [0.717, 1.165) is 25.9 Å². The van der Waals surface area contributed by atoms with Crippen molar-refractivity contribution >= 4 is 23.3 Å². The van der Waals surface area contributed by atoms with Gasteiger partial charge in [-0.3, -0.25) is 9.78 Å². The van der Waals surface area contributed by atoms with Gasteiger partial charge in [0.1, 0.15) is 0 Å². The van der Waals surface area contributed by atoms with Gasteiger partial charge in [0.2, 0.25) is 0 Å². The lowest BCUT2D eigenvalue weighted by molar-refractivity contribution is 0.0601. The van der Waals surface area contributed by atoms with Gasteiger partial charge in [0.15, 0.2) is 0 Å². The second-order valence-electron chi connectivity index (χ2n) is 5.62. The highest BCUT2D eigenvalue weighted by atomic mass is 16.5. The van der Waals surface area contributed by atoms with Crippen LogP contribution in [0.3, 0.4) is 0 Å². The van der Waals surface area contributed by atoms with Crippen LogP contribution in [0.2, 0.25) is 0 Å². The van der Waals surface area contributed by atoms with Crippen molar-refractivity contribution in [2.45, 2.75) is 12.8 Å². The van der Waals surface area contributed by atoms with Gasteiger partial charge in [-0.2, -0.15) is 0 Å². The number of nitrogens with zero attached hydrogens (tertiary/aromatic N) is 2. The number of ether oxygens (including phenoxy) is 1. The van der Waals surface area contributed by atoms with E-state index >= 15 is 0 Å². The van der Waals surface area contributed by atoms with Crippen molar-refractivity contribution in [1.29, 1.82) is 0 Å². The number of amides is 1. The predicted octanol–water partition coefficient (Wildman–Crippen LogP) is 2.85. The van der Waals surface area contributed by atoms with Gasteiger partial charge in [-0.25, -0.2) is 4.79 Å². The third-order valence-corrected chi connectivity index (χ3v) is 3.99. The Balaban J connectivity index is 1.83. The van der Waals surface area contributed by atoms with Crippen LogP contribution in [0.1, 0.15) is 33.6 Å². The molecule has 0 unspecified atom stereocenters. The van der Waals surface area contributed by atoms with Gasteiger partial charge < -0.3 is 15.0 Å². The molecule has 1 N–H and O–H groups in total. The number of rotatable bonds is 4. The number of benzene rings is 1. The highest BCUT2D eigenvalue weighted by Crippen LogP contribution is 2.22. The van der Waals surface area contributed by atoms with Crippen molar-refractivity contribution in [3.63, 3.8) is 0 Å². The number of methoxy groups -OCH3 is 1. The molecular formula is C18H19N3O3. The normalized spacial score (nSPS) is 13.6. The minimum absolute atomic E-state index is 0.00935. The fraction of sp³-hybridized carbons (Fsp3) is 0.278. The largest absolute Gasteiger partial charge is 0.465 e. The molecule has 1 aromatic heterocycles. The molecule has 1 amide bonds. The molecule has 2 aromatic rings. The summed E-state index contributed by atoms with van der Waals surface area (Å²) in [6, 6.07) is 8.80. The van der Waals surface area contributed by atoms with Crippen LogP contribution >= 0.6 is 0 Å². The predicted molar refractivity (Wildman–Crippen MR) is 90.4 cm³/mol. The van der Waals surface area contributed by atoms with Crippen molar-refractivity contribution in [3.05, 3.63) is 53.9 Å². The molecule has 0 saturated carbocycles. The Hall–Kier alpha value is -2.89. The molecule has 1 saturated heterocycles. The minimum Gasteiger partial charge on any atom is -0.465 e. The Kier molecular flexibility index (Phi) is 4.74. The van der Waals surface area contributed by atoms with E-state index < -0.39 is 5.97 Å². The summed E-state index contributed by atoms with van der Waals surface area (Å²) < 4.78 is 4.79. The number of esters is 1. The van der Waals surface area contributed by atoms with Gasteiger partial charge in [-0.15, -0.1) is 0 Å². The Morgan fingerprint density at radius 3 is 2.67 bits per heavy atom. The molecule has 1 fully saturated rings. The molecule has 1 aliphatic rings. The lowest BCUT2D eigenvalue weighted by atomic mass is 10.1. The monoisotopic (exact) mass is 325 g/mol. The van der Waals surface area contributed by atoms with Gasteiger partial charge in [0.05, 0.1) is 35.8 Å². The van der Waals surface area contributed by atoms with Crippen molar-refractivity contribution in [2.75, 3.05) is 25.5 Å². The molecule has 0 radical (unpaired) electrons. The SMILES string of the molecule is COC(=O)c1ccccc1Nc1cncc(C(=O)N2CCCC2)c1. The number of anilines is 2. The van der Waals surface area contributed by atoms with Gasteiger partial charge >= 0.3 is 5.97 Å². The van der Waals surface area contributed by atoms with E-state index in [1.807, 2.05) is 11.0 Å². The summed E-state index contributed by atoms with van der Waals surface area (Å²) in [5.74, 6) is -0.430. The van der Waals surface area contributed by atoms with E-state index in [1.54, 1.807) is 36.7 Å². The van der Waals surface area contributed by atoms with Crippen molar-refractivity contribution in [1.82, 2.24) is 9.88 Å². The molecule has 0 atom stereocenters. The van der Waals surface area contributed by atoms with Crippen LogP contribution in [-0.2, 0) is 4.74 Å². The van der Waals surface area contributed by atoms with Crippen LogP contribution < -0.4 is 5.32 Å². The Bertz CT molecular complexity index is 755. The van der Waals surface area contributed by atoms with Crippen LogP contribution in [0.25, 0.3) is 0 Å². The Morgan fingerprint density at radius 2 is 1.92 bits per heavy atom. The number of carbonyl (C=O) groups excluding carboxylic acids is 2. The smallest absolute Gasteiger partial charge is 0.339 e. The van der Waals surface area contributed by atoms with E-state index in [0.29, 0.717) is 22.5 Å². The summed E-state index contributed by atoms with van der Waals surface area (Å²) in [5, 5.41) is 3.14. The topological polar surface area (TPSA) is 71.5 Å². The third-order valence-electron chi connectivity index (χ3n) is 3.99. The summed E-state index contributed by atoms with van der Waals surface area (Å²) in [4.78, 5) is 30.3. The molecule has 0 bridgehead atoms. The van der Waals surface area contributed by atoms with Crippen LogP contribution in [-0.4, -0.2) is 42.0 Å². The molecule has 6 heteroatoms. The standard InChI is InChI=1S/C18H19N3O3/c1-24-18(23)15-6-2-3-7-16(15)20-14-10-13(11-19-12-14)17(22)21-8-4-5-9-21/h2-3,6-7,10-12,20H,4-5,8-9H2,1H3. The molecule has 6 nitrogen and oxygen atoms in total. The lowest BCUT2D eigenvalue weighted by Gasteiger charge is -2.16. The molecule has 1 aliphatic heterocycles. The number of carbonyl (C=O) groups is 2. The zero-order chi connectivity index (χ0) is 16.9. The summed E-state index contributed by atoms with van der Waals surface area (Å²) >= 11 is 0. The average molecular weight is 325 g/mol. The van der Waals surface area contributed by atoms with Crippen LogP contribution in [0.15, 0.2) is 42.7 Å². The highest BCUT2D eigenvalue weighted by molar-refractivity contribution is 5.97. The van der Waals surface area contributed by atoms with Crippen LogP contribution in [0.4, 0.5) is 11.4 Å². The average Bonchev–Trinajstić information content (AvgIpc) is 3.16. The molecule has 0 aliphatic carbocycles. The quantitative estimate of drug-likeness (QED) is 0.875. The first kappa shape index (κ1) is 16.0. The van der Waals surface area contributed by atoms with Crippen molar-refractivity contribution in [2.24, 2.45) is 0 Å². The molecule has 24 heavy (non-hydrogen) atoms. The minimum atomic E-state index is -0.421. The summed E-state index contributed by atoms with van der Waals surface area (Å²) in [6.07, 6.45) is 5.28. The molecule has 2 heterocycles. The molecule has 1 aromatic carbocycles. The maximum atomic E-state index is 12.5. The van der Waals surface area contributed by atoms with Gasteiger partial charge in [0, 0.05) is 19.3 Å². The first-order valence-electron chi connectivity index (χ1n) is 7.88. The number of aromatic nitrogens is 1. The first-order chi connectivity index (χ1) is 11.7. The zero-order valence-corrected chi connectivity index (χ0v) is 13.5. The molecule has 0 spiro atoms. The van der Waals surface area contributed by atoms with Gasteiger partial charge in [-0.05, 0) is 31.0 Å². The molecule has 124 valence electrons. The van der Waals surface area contributed by atoms with Gasteiger partial charge in [0.25, 0.3) is 5.91 Å². The van der Waals surface area contributed by atoms with Crippen molar-refractivity contribution < 1.29 is 14.3 Å². The summed E-state index contributed by atoms with van der Waals surface area (Å²) in [6.45, 7) is 1.59. The second-order valence-corrected chi connectivity index (χ2v) is 5.62. The number of likely N-dealkylation sites (tertiary alicyclic amines) is 1. The van der Waals surface area contributed by atoms with Crippen LogP contribution in [0.5, 0.6) is 0 Å². The fourth-order valence-electron chi connectivity index (χ4n) is 2.76. The number of pyridine rings is 1. The number of nitrogens with one attached hydrogen (secondary N) is 1. The van der Waals surface area contributed by atoms with E-state index in [9.17, 15) is 9.59 Å². The third kappa shape index (κ3) is 3.37. The first-order valence-corrected chi connectivity index (χ1v) is 7.88. The number of para-hydroxylation sites is 1.